The van der Waals surface area contributed by atoms with E-state index in [-0.39, 0.29) is 16.6 Å². The van der Waals surface area contributed by atoms with Gasteiger partial charge in [-0.1, -0.05) is 29.3 Å². The zero-order valence-corrected chi connectivity index (χ0v) is 19.6. The summed E-state index contributed by atoms with van der Waals surface area (Å²) >= 11 is 5.86. The molecule has 0 radical (unpaired) electrons. The number of nitrogens with zero attached hydrogens (tertiary/aromatic N) is 1. The van der Waals surface area contributed by atoms with Crippen molar-refractivity contribution in [1.82, 2.24) is 4.98 Å². The Morgan fingerprint density at radius 2 is 1.58 bits per heavy atom. The summed E-state index contributed by atoms with van der Waals surface area (Å²) in [5, 5.41) is 3.39. The van der Waals surface area contributed by atoms with Gasteiger partial charge in [-0.05, 0) is 74.5 Å². The van der Waals surface area contributed by atoms with Crippen LogP contribution < -0.4 is 5.32 Å². The molecule has 0 saturated heterocycles. The maximum absolute atomic E-state index is 12.8. The number of benzene rings is 3. The number of rotatable bonds is 6. The number of aromatic nitrogens is 1. The second kappa shape index (κ2) is 9.21. The number of sulfone groups is 1. The van der Waals surface area contributed by atoms with E-state index in [2.05, 4.69) is 10.3 Å². The molecule has 4 rings (SSSR count). The van der Waals surface area contributed by atoms with Crippen LogP contribution in [0.3, 0.4) is 0 Å². The lowest BCUT2D eigenvalue weighted by Crippen LogP contribution is -2.11. The molecule has 0 fully saturated rings. The summed E-state index contributed by atoms with van der Waals surface area (Å²) in [6.07, 6.45) is 0. The minimum absolute atomic E-state index is 0.244. The third kappa shape index (κ3) is 5.32. The van der Waals surface area contributed by atoms with Crippen LogP contribution in [0.2, 0.25) is 5.02 Å². The van der Waals surface area contributed by atoms with Gasteiger partial charge in [-0.15, -0.1) is 0 Å². The number of amides is 1. The molecule has 1 N–H and O–H groups in total. The number of aryl methyl sites for hydroxylation is 2. The van der Waals surface area contributed by atoms with Crippen molar-refractivity contribution < 1.29 is 17.6 Å². The summed E-state index contributed by atoms with van der Waals surface area (Å²) in [5.74, 6) is 0.210. The molecule has 0 aliphatic rings. The predicted octanol–water partition coefficient (Wildman–Crippen LogP) is 5.84. The van der Waals surface area contributed by atoms with E-state index in [9.17, 15) is 13.2 Å². The fourth-order valence-electron chi connectivity index (χ4n) is 3.20. The number of carbonyl (C=O) groups excluding carboxylic acids is 1. The fourth-order valence-corrected chi connectivity index (χ4v) is 4.67. The average Bonchev–Trinajstić information content (AvgIpc) is 3.15. The van der Waals surface area contributed by atoms with E-state index in [0.717, 1.165) is 5.56 Å². The molecular weight excluding hydrogens is 460 g/mol. The topological polar surface area (TPSA) is 89.3 Å². The summed E-state index contributed by atoms with van der Waals surface area (Å²) in [7, 11) is -3.56. The number of hydrogen-bond donors (Lipinski definition) is 1. The van der Waals surface area contributed by atoms with E-state index in [4.69, 9.17) is 16.0 Å². The van der Waals surface area contributed by atoms with E-state index in [0.29, 0.717) is 39.2 Å². The zero-order valence-electron chi connectivity index (χ0n) is 18.0. The monoisotopic (exact) mass is 480 g/mol. The Balaban J connectivity index is 1.50. The van der Waals surface area contributed by atoms with Crippen LogP contribution in [0, 0.1) is 13.8 Å². The first-order valence-electron chi connectivity index (χ1n) is 10.1. The first kappa shape index (κ1) is 22.8. The van der Waals surface area contributed by atoms with Crippen molar-refractivity contribution in [3.8, 4) is 11.5 Å². The van der Waals surface area contributed by atoms with Crippen molar-refractivity contribution in [1.29, 1.82) is 0 Å². The first-order valence-corrected chi connectivity index (χ1v) is 12.2. The molecule has 0 atom stereocenters. The van der Waals surface area contributed by atoms with Crippen molar-refractivity contribution in [2.45, 2.75) is 24.5 Å². The van der Waals surface area contributed by atoms with Crippen LogP contribution in [-0.2, 0) is 15.6 Å². The van der Waals surface area contributed by atoms with Crippen LogP contribution in [0.15, 0.2) is 82.1 Å². The van der Waals surface area contributed by atoms with Crippen molar-refractivity contribution >= 4 is 33.0 Å². The lowest BCUT2D eigenvalue weighted by molar-refractivity contribution is 0.102. The predicted molar refractivity (Wildman–Crippen MR) is 128 cm³/mol. The van der Waals surface area contributed by atoms with Gasteiger partial charge in [-0.3, -0.25) is 4.79 Å². The van der Waals surface area contributed by atoms with Crippen LogP contribution in [0.5, 0.6) is 0 Å². The minimum Gasteiger partial charge on any atom is -0.441 e. The van der Waals surface area contributed by atoms with Crippen molar-refractivity contribution in [3.63, 3.8) is 0 Å². The highest BCUT2D eigenvalue weighted by Gasteiger charge is 2.21. The Hall–Kier alpha value is -3.42. The lowest BCUT2D eigenvalue weighted by atomic mass is 10.1. The number of anilines is 1. The molecule has 1 amide bonds. The standard InChI is InChI=1S/C25H21ClN2O4S/c1-16-3-13-22(14-4-16)33(30,31)15-23-17(2)32-25(28-23)19-7-5-18(6-8-19)24(29)27-21-11-9-20(26)10-12-21/h3-14H,15H2,1-2H3,(H,27,29). The van der Waals surface area contributed by atoms with Gasteiger partial charge in [0.1, 0.15) is 11.5 Å². The molecule has 4 aromatic rings. The van der Waals surface area contributed by atoms with Gasteiger partial charge in [0.15, 0.2) is 9.84 Å². The molecule has 1 heterocycles. The molecule has 3 aromatic carbocycles. The number of halogens is 1. The van der Waals surface area contributed by atoms with E-state index < -0.39 is 9.84 Å². The molecule has 1 aromatic heterocycles. The summed E-state index contributed by atoms with van der Waals surface area (Å²) in [5.41, 5.74) is 3.07. The van der Waals surface area contributed by atoms with Crippen molar-refractivity contribution in [3.05, 3.63) is 100 Å². The van der Waals surface area contributed by atoms with Gasteiger partial charge in [-0.2, -0.15) is 0 Å². The zero-order chi connectivity index (χ0) is 23.6. The summed E-state index contributed by atoms with van der Waals surface area (Å²) < 4.78 is 31.3. The molecule has 33 heavy (non-hydrogen) atoms. The SMILES string of the molecule is Cc1ccc(S(=O)(=O)Cc2nc(-c3ccc(C(=O)Nc4ccc(Cl)cc4)cc3)oc2C)cc1. The molecule has 0 aliphatic carbocycles. The van der Waals surface area contributed by atoms with E-state index in [1.165, 1.54) is 0 Å². The smallest absolute Gasteiger partial charge is 0.255 e. The molecule has 0 spiro atoms. The molecule has 0 aliphatic heterocycles. The van der Waals surface area contributed by atoms with Crippen LogP contribution in [0.4, 0.5) is 5.69 Å². The highest BCUT2D eigenvalue weighted by Crippen LogP contribution is 2.25. The van der Waals surface area contributed by atoms with E-state index >= 15 is 0 Å². The normalized spacial score (nSPS) is 11.4. The molecule has 0 unspecified atom stereocenters. The molecule has 168 valence electrons. The molecular formula is C25H21ClN2O4S. The first-order chi connectivity index (χ1) is 15.7. The molecule has 0 saturated carbocycles. The van der Waals surface area contributed by atoms with E-state index in [1.54, 1.807) is 79.7 Å². The lowest BCUT2D eigenvalue weighted by Gasteiger charge is -2.05. The maximum Gasteiger partial charge on any atom is 0.255 e. The molecule has 6 nitrogen and oxygen atoms in total. The van der Waals surface area contributed by atoms with E-state index in [1.807, 2.05) is 6.92 Å². The van der Waals surface area contributed by atoms with Gasteiger partial charge < -0.3 is 9.73 Å². The summed E-state index contributed by atoms with van der Waals surface area (Å²) in [6, 6.07) is 20.3. The van der Waals surface area contributed by atoms with Gasteiger partial charge in [0.25, 0.3) is 5.91 Å². The van der Waals surface area contributed by atoms with Crippen LogP contribution in [0.25, 0.3) is 11.5 Å². The highest BCUT2D eigenvalue weighted by molar-refractivity contribution is 7.90. The maximum atomic E-state index is 12.8. The largest absolute Gasteiger partial charge is 0.441 e. The highest BCUT2D eigenvalue weighted by atomic mass is 35.5. The number of nitrogens with one attached hydrogen (secondary N) is 1. The van der Waals surface area contributed by atoms with Crippen molar-refractivity contribution in [2.24, 2.45) is 0 Å². The van der Waals surface area contributed by atoms with Gasteiger partial charge in [0.2, 0.25) is 5.89 Å². The van der Waals surface area contributed by atoms with Gasteiger partial charge in [0.05, 0.1) is 10.6 Å². The Bertz CT molecular complexity index is 1390. The van der Waals surface area contributed by atoms with Crippen LogP contribution >= 0.6 is 11.6 Å². The second-order valence-corrected chi connectivity index (χ2v) is 10.1. The van der Waals surface area contributed by atoms with Gasteiger partial charge >= 0.3 is 0 Å². The van der Waals surface area contributed by atoms with Crippen molar-refractivity contribution in [2.75, 3.05) is 5.32 Å². The molecule has 8 heteroatoms. The Morgan fingerprint density at radius 1 is 0.939 bits per heavy atom. The fraction of sp³-hybridized carbons (Fsp3) is 0.120. The van der Waals surface area contributed by atoms with Gasteiger partial charge in [-0.25, -0.2) is 13.4 Å². The summed E-state index contributed by atoms with van der Waals surface area (Å²) in [6.45, 7) is 3.58. The minimum atomic E-state index is -3.56. The second-order valence-electron chi connectivity index (χ2n) is 7.63. The number of oxazole rings is 1. The Kier molecular flexibility index (Phi) is 6.35. The third-order valence-electron chi connectivity index (χ3n) is 5.10. The quantitative estimate of drug-likeness (QED) is 0.374. The Labute approximate surface area is 197 Å². The van der Waals surface area contributed by atoms with Gasteiger partial charge in [0, 0.05) is 21.8 Å². The van der Waals surface area contributed by atoms with Crippen LogP contribution in [-0.4, -0.2) is 19.3 Å². The van der Waals surface area contributed by atoms with Crippen LogP contribution in [0.1, 0.15) is 27.4 Å². The molecule has 0 bridgehead atoms. The summed E-state index contributed by atoms with van der Waals surface area (Å²) in [4.78, 5) is 17.1. The number of hydrogen-bond acceptors (Lipinski definition) is 5. The Morgan fingerprint density at radius 3 is 2.21 bits per heavy atom. The average molecular weight is 481 g/mol. The third-order valence-corrected chi connectivity index (χ3v) is 6.99. The number of carbonyl (C=O) groups is 1.